The Morgan fingerprint density at radius 2 is 1.96 bits per heavy atom. The van der Waals surface area contributed by atoms with Crippen molar-refractivity contribution in [2.24, 2.45) is 5.92 Å². The first-order valence-corrected chi connectivity index (χ1v) is 10.2. The van der Waals surface area contributed by atoms with Crippen LogP contribution < -0.4 is 4.72 Å². The molecule has 1 N–H and O–H groups in total. The third-order valence-electron chi connectivity index (χ3n) is 3.78. The number of nitrogens with one attached hydrogen (secondary N) is 1. The number of halogens is 1. The van der Waals surface area contributed by atoms with E-state index in [2.05, 4.69) is 18.6 Å². The molecule has 0 saturated heterocycles. The summed E-state index contributed by atoms with van der Waals surface area (Å²) in [6, 6.07) is 6.43. The number of ether oxygens (including phenoxy) is 1. The Labute approximate surface area is 145 Å². The van der Waals surface area contributed by atoms with E-state index in [-0.39, 0.29) is 9.92 Å². The first-order valence-electron chi connectivity index (χ1n) is 8.33. The van der Waals surface area contributed by atoms with Gasteiger partial charge in [-0.3, -0.25) is 0 Å². The van der Waals surface area contributed by atoms with Crippen LogP contribution in [0.15, 0.2) is 29.2 Å². The minimum Gasteiger partial charge on any atom is -0.381 e. The lowest BCUT2D eigenvalue weighted by molar-refractivity contribution is 0.0928. The van der Waals surface area contributed by atoms with E-state index >= 15 is 0 Å². The van der Waals surface area contributed by atoms with Crippen LogP contribution >= 0.6 is 11.6 Å². The van der Waals surface area contributed by atoms with Crippen LogP contribution in [-0.4, -0.2) is 28.2 Å². The summed E-state index contributed by atoms with van der Waals surface area (Å²) in [6.45, 7) is 6.04. The van der Waals surface area contributed by atoms with E-state index in [1.54, 1.807) is 18.2 Å². The van der Waals surface area contributed by atoms with Gasteiger partial charge in [-0.05, 0) is 30.9 Å². The summed E-state index contributed by atoms with van der Waals surface area (Å²) in [5, 5.41) is 0.234. The average Bonchev–Trinajstić information content (AvgIpc) is 2.53. The third kappa shape index (κ3) is 7.66. The molecule has 0 heterocycles. The van der Waals surface area contributed by atoms with E-state index in [1.807, 2.05) is 0 Å². The highest BCUT2D eigenvalue weighted by Crippen LogP contribution is 2.20. The third-order valence-corrected chi connectivity index (χ3v) is 5.74. The quantitative estimate of drug-likeness (QED) is 0.566. The fraction of sp³-hybridized carbons (Fsp3) is 0.647. The molecule has 1 aromatic carbocycles. The smallest absolute Gasteiger partial charge is 0.242 e. The van der Waals surface area contributed by atoms with Crippen molar-refractivity contribution in [1.29, 1.82) is 0 Å². The summed E-state index contributed by atoms with van der Waals surface area (Å²) in [7, 11) is -3.55. The van der Waals surface area contributed by atoms with Gasteiger partial charge >= 0.3 is 0 Å². The first-order chi connectivity index (χ1) is 11.0. The normalized spacial score (nSPS) is 13.2. The molecule has 0 aliphatic carbocycles. The molecule has 1 unspecified atom stereocenters. The molecule has 0 saturated carbocycles. The monoisotopic (exact) mass is 361 g/mol. The van der Waals surface area contributed by atoms with Gasteiger partial charge in [0.05, 0.1) is 5.02 Å². The van der Waals surface area contributed by atoms with E-state index in [1.165, 1.54) is 25.3 Å². The molecule has 132 valence electrons. The molecule has 0 aliphatic heterocycles. The summed E-state index contributed by atoms with van der Waals surface area (Å²) in [4.78, 5) is 0.119. The first kappa shape index (κ1) is 20.4. The lowest BCUT2D eigenvalue weighted by Gasteiger charge is -2.14. The SMILES string of the molecule is CCCCC(CC)COCCCNS(=O)(=O)c1ccccc1Cl. The molecule has 6 heteroatoms. The van der Waals surface area contributed by atoms with Crippen molar-refractivity contribution in [3.8, 4) is 0 Å². The molecular weight excluding hydrogens is 334 g/mol. The fourth-order valence-electron chi connectivity index (χ4n) is 2.27. The van der Waals surface area contributed by atoms with Crippen molar-refractivity contribution in [2.45, 2.75) is 50.8 Å². The van der Waals surface area contributed by atoms with E-state index < -0.39 is 10.0 Å². The summed E-state index contributed by atoms with van der Waals surface area (Å²) in [6.07, 6.45) is 5.42. The summed E-state index contributed by atoms with van der Waals surface area (Å²) in [5.41, 5.74) is 0. The summed E-state index contributed by atoms with van der Waals surface area (Å²) < 4.78 is 32.5. The molecule has 1 atom stereocenters. The van der Waals surface area contributed by atoms with Gasteiger partial charge in [0.2, 0.25) is 10.0 Å². The Bertz CT molecular complexity index is 549. The number of sulfonamides is 1. The van der Waals surface area contributed by atoms with Crippen LogP contribution in [0, 0.1) is 5.92 Å². The largest absolute Gasteiger partial charge is 0.381 e. The maximum absolute atomic E-state index is 12.1. The van der Waals surface area contributed by atoms with Crippen LogP contribution in [0.3, 0.4) is 0 Å². The van der Waals surface area contributed by atoms with Gasteiger partial charge in [-0.25, -0.2) is 13.1 Å². The van der Waals surface area contributed by atoms with Gasteiger partial charge < -0.3 is 4.74 Å². The minimum atomic E-state index is -3.55. The van der Waals surface area contributed by atoms with Crippen LogP contribution in [0.5, 0.6) is 0 Å². The molecular formula is C17H28ClNO3S. The maximum Gasteiger partial charge on any atom is 0.242 e. The standard InChI is InChI=1S/C17H28ClNO3S/c1-3-5-9-15(4-2)14-22-13-8-12-19-23(20,21)17-11-7-6-10-16(17)18/h6-7,10-11,15,19H,3-5,8-9,12-14H2,1-2H3. The molecule has 4 nitrogen and oxygen atoms in total. The van der Waals surface area contributed by atoms with Crippen LogP contribution in [0.2, 0.25) is 5.02 Å². The van der Waals surface area contributed by atoms with Gasteiger partial charge in [0.1, 0.15) is 4.90 Å². The zero-order chi connectivity index (χ0) is 17.1. The summed E-state index contributed by atoms with van der Waals surface area (Å²) in [5.74, 6) is 0.606. The van der Waals surface area contributed by atoms with E-state index in [9.17, 15) is 8.42 Å². The second-order valence-corrected chi connectivity index (χ2v) is 7.82. The lowest BCUT2D eigenvalue weighted by Crippen LogP contribution is -2.26. The Balaban J connectivity index is 2.26. The molecule has 0 radical (unpaired) electrons. The van der Waals surface area contributed by atoms with Crippen molar-refractivity contribution < 1.29 is 13.2 Å². The van der Waals surface area contributed by atoms with Crippen molar-refractivity contribution in [3.63, 3.8) is 0 Å². The van der Waals surface area contributed by atoms with Gasteiger partial charge in [0.25, 0.3) is 0 Å². The number of unbranched alkanes of at least 4 members (excludes halogenated alkanes) is 1. The second kappa shape index (κ2) is 11.0. The van der Waals surface area contributed by atoms with Crippen LogP contribution in [0.25, 0.3) is 0 Å². The zero-order valence-corrected chi connectivity index (χ0v) is 15.6. The second-order valence-electron chi connectivity index (χ2n) is 5.67. The van der Waals surface area contributed by atoms with Gasteiger partial charge in [-0.2, -0.15) is 0 Å². The highest BCUT2D eigenvalue weighted by atomic mass is 35.5. The highest BCUT2D eigenvalue weighted by Gasteiger charge is 2.16. The molecule has 0 amide bonds. The molecule has 0 aromatic heterocycles. The Morgan fingerprint density at radius 3 is 2.61 bits per heavy atom. The predicted molar refractivity (Wildman–Crippen MR) is 95.4 cm³/mol. The number of hydrogen-bond acceptors (Lipinski definition) is 3. The topological polar surface area (TPSA) is 55.4 Å². The Kier molecular flexibility index (Phi) is 9.79. The van der Waals surface area contributed by atoms with Crippen molar-refractivity contribution in [2.75, 3.05) is 19.8 Å². The van der Waals surface area contributed by atoms with Crippen molar-refractivity contribution >= 4 is 21.6 Å². The van der Waals surface area contributed by atoms with Gasteiger partial charge in [-0.1, -0.05) is 56.8 Å². The van der Waals surface area contributed by atoms with Crippen molar-refractivity contribution in [3.05, 3.63) is 29.3 Å². The molecule has 0 spiro atoms. The molecule has 1 aromatic rings. The predicted octanol–water partition coefficient (Wildman–Crippen LogP) is 4.24. The van der Waals surface area contributed by atoms with Crippen LogP contribution in [-0.2, 0) is 14.8 Å². The molecule has 0 fully saturated rings. The minimum absolute atomic E-state index is 0.119. The average molecular weight is 362 g/mol. The van der Waals surface area contributed by atoms with E-state index in [4.69, 9.17) is 16.3 Å². The molecule has 0 aliphatic rings. The fourth-order valence-corrected chi connectivity index (χ4v) is 3.86. The van der Waals surface area contributed by atoms with Crippen LogP contribution in [0.1, 0.15) is 46.0 Å². The van der Waals surface area contributed by atoms with Crippen molar-refractivity contribution in [1.82, 2.24) is 4.72 Å². The highest BCUT2D eigenvalue weighted by molar-refractivity contribution is 7.89. The zero-order valence-electron chi connectivity index (χ0n) is 14.1. The molecule has 1 rings (SSSR count). The molecule has 0 bridgehead atoms. The van der Waals surface area contributed by atoms with E-state index in [0.29, 0.717) is 25.5 Å². The molecule has 23 heavy (non-hydrogen) atoms. The van der Waals surface area contributed by atoms with E-state index in [0.717, 1.165) is 13.0 Å². The van der Waals surface area contributed by atoms with Gasteiger partial charge in [-0.15, -0.1) is 0 Å². The number of hydrogen-bond donors (Lipinski definition) is 1. The number of rotatable bonds is 12. The Morgan fingerprint density at radius 1 is 1.22 bits per heavy atom. The van der Waals surface area contributed by atoms with Gasteiger partial charge in [0, 0.05) is 19.8 Å². The lowest BCUT2D eigenvalue weighted by atomic mass is 10.0. The van der Waals surface area contributed by atoms with Gasteiger partial charge in [0.15, 0.2) is 0 Å². The number of benzene rings is 1. The van der Waals surface area contributed by atoms with Crippen LogP contribution in [0.4, 0.5) is 0 Å². The summed E-state index contributed by atoms with van der Waals surface area (Å²) >= 11 is 5.92. The Hall–Kier alpha value is -0.620. The maximum atomic E-state index is 12.1.